The Kier molecular flexibility index (Phi) is 8.60. The molecule has 0 amide bonds. The number of aliphatic hydroxyl groups is 2. The highest BCUT2D eigenvalue weighted by atomic mass is 31.3. The van der Waals surface area contributed by atoms with Crippen molar-refractivity contribution in [1.29, 1.82) is 0 Å². The average molecular weight is 535 g/mol. The summed E-state index contributed by atoms with van der Waals surface area (Å²) in [6.45, 7) is -0.855. The minimum Gasteiger partial charge on any atom is -0.387 e. The molecule has 16 nitrogen and oxygen atoms in total. The smallest absolute Gasteiger partial charge is 0.387 e. The van der Waals surface area contributed by atoms with Crippen LogP contribution >= 0.6 is 15.6 Å². The molecule has 0 spiro atoms. The van der Waals surface area contributed by atoms with Crippen LogP contribution in [0.25, 0.3) is 11.2 Å². The molecule has 6 N–H and O–H groups in total. The van der Waals surface area contributed by atoms with E-state index in [1.807, 2.05) is 0 Å². The molecule has 0 bridgehead atoms. The molecule has 0 aromatic carbocycles. The number of aliphatic hydroxyl groups excluding tert-OH is 2. The van der Waals surface area contributed by atoms with Crippen LogP contribution in [0.2, 0.25) is 0 Å². The molecule has 1 fully saturated rings. The molecule has 18 heteroatoms. The number of nitrogen functional groups attached to an aromatic ring is 1. The Morgan fingerprint density at radius 3 is 2.66 bits per heavy atom. The largest absolute Gasteiger partial charge is 0.538 e. The van der Waals surface area contributed by atoms with Gasteiger partial charge in [-0.25, -0.2) is 24.1 Å². The summed E-state index contributed by atoms with van der Waals surface area (Å²) >= 11 is 0. The fourth-order valence-electron chi connectivity index (χ4n) is 3.16. The van der Waals surface area contributed by atoms with E-state index in [1.54, 1.807) is 0 Å². The quantitative estimate of drug-likeness (QED) is 0.144. The van der Waals surface area contributed by atoms with Crippen LogP contribution in [-0.2, 0) is 32.0 Å². The molecule has 2 aromatic heterocycles. The zero-order valence-corrected chi connectivity index (χ0v) is 19.8. The third kappa shape index (κ3) is 6.83. The number of aromatic nitrogens is 4. The van der Waals surface area contributed by atoms with E-state index in [0.29, 0.717) is 12.8 Å². The van der Waals surface area contributed by atoms with Gasteiger partial charge in [-0.3, -0.25) is 18.8 Å². The maximum Gasteiger partial charge on any atom is 0.538 e. The van der Waals surface area contributed by atoms with E-state index < -0.39 is 52.8 Å². The molecule has 0 radical (unpaired) electrons. The minimum atomic E-state index is -5.32. The van der Waals surface area contributed by atoms with Crippen molar-refractivity contribution in [1.82, 2.24) is 19.5 Å². The van der Waals surface area contributed by atoms with Gasteiger partial charge in [0.05, 0.1) is 12.9 Å². The highest BCUT2D eigenvalue weighted by molar-refractivity contribution is 7.61. The number of anilines is 1. The Morgan fingerprint density at radius 2 is 1.94 bits per heavy atom. The summed E-state index contributed by atoms with van der Waals surface area (Å²) < 4.78 is 43.7. The maximum atomic E-state index is 12.1. The van der Waals surface area contributed by atoms with Crippen molar-refractivity contribution in [2.75, 3.05) is 12.3 Å². The number of carbonyl (C=O) groups excluding carboxylic acids is 1. The van der Waals surface area contributed by atoms with Gasteiger partial charge in [-0.1, -0.05) is 0 Å². The van der Waals surface area contributed by atoms with E-state index in [4.69, 9.17) is 16.9 Å². The molecule has 3 rings (SSSR count). The predicted octanol–water partition coefficient (Wildman–Crippen LogP) is -0.00150. The van der Waals surface area contributed by atoms with E-state index in [0.717, 1.165) is 6.33 Å². The summed E-state index contributed by atoms with van der Waals surface area (Å²) in [7, 11) is -10.6. The molecule has 35 heavy (non-hydrogen) atoms. The second-order valence-electron chi connectivity index (χ2n) is 7.32. The van der Waals surface area contributed by atoms with Gasteiger partial charge in [0.2, 0.25) is 0 Å². The number of terminal acetylenes is 1. The van der Waals surface area contributed by atoms with Gasteiger partial charge in [0, 0.05) is 12.8 Å². The lowest BCUT2D eigenvalue weighted by Crippen LogP contribution is -2.33. The van der Waals surface area contributed by atoms with Gasteiger partial charge in [0.15, 0.2) is 17.7 Å². The number of unbranched alkanes of at least 4 members (excludes halogenated alkanes) is 2. The van der Waals surface area contributed by atoms with E-state index >= 15 is 0 Å². The van der Waals surface area contributed by atoms with Crippen LogP contribution in [0.5, 0.6) is 0 Å². The zero-order valence-electron chi connectivity index (χ0n) is 18.0. The highest BCUT2D eigenvalue weighted by Gasteiger charge is 2.46. The van der Waals surface area contributed by atoms with Gasteiger partial charge in [0.25, 0.3) is 0 Å². The van der Waals surface area contributed by atoms with Crippen LogP contribution in [0.15, 0.2) is 12.7 Å². The zero-order chi connectivity index (χ0) is 25.8. The van der Waals surface area contributed by atoms with E-state index in [-0.39, 0.29) is 29.8 Å². The monoisotopic (exact) mass is 535 g/mol. The van der Waals surface area contributed by atoms with E-state index in [9.17, 15) is 33.9 Å². The van der Waals surface area contributed by atoms with Crippen LogP contribution in [0.4, 0.5) is 5.82 Å². The third-order valence-corrected chi connectivity index (χ3v) is 7.34. The third-order valence-electron chi connectivity index (χ3n) is 4.78. The van der Waals surface area contributed by atoms with Crippen LogP contribution in [-0.4, -0.2) is 70.4 Å². The molecule has 192 valence electrons. The molecule has 1 aliphatic heterocycles. The summed E-state index contributed by atoms with van der Waals surface area (Å²) in [4.78, 5) is 42.8. The second-order valence-corrected chi connectivity index (χ2v) is 10.3. The topological polar surface area (TPSA) is 239 Å². The minimum absolute atomic E-state index is 0.0711. The Bertz CT molecular complexity index is 1200. The fourth-order valence-corrected chi connectivity index (χ4v) is 5.21. The van der Waals surface area contributed by atoms with Crippen LogP contribution in [0, 0.1) is 12.3 Å². The lowest BCUT2D eigenvalue weighted by atomic mass is 10.1. The number of carbonyl (C=O) groups is 1. The number of nitrogens with two attached hydrogens (primary N) is 1. The van der Waals surface area contributed by atoms with Crippen molar-refractivity contribution in [3.05, 3.63) is 12.7 Å². The van der Waals surface area contributed by atoms with Gasteiger partial charge < -0.3 is 30.1 Å². The molecule has 1 saturated heterocycles. The van der Waals surface area contributed by atoms with Gasteiger partial charge in [-0.15, -0.1) is 12.3 Å². The molecular formula is C17H23N5O11P2. The number of fused-ring (bicyclic) bond motifs is 1. The van der Waals surface area contributed by atoms with Crippen LogP contribution in [0.1, 0.15) is 31.9 Å². The number of phosphoric ester groups is 2. The van der Waals surface area contributed by atoms with E-state index in [1.165, 1.54) is 10.9 Å². The first-order valence-electron chi connectivity index (χ1n) is 10.1. The first-order chi connectivity index (χ1) is 16.4. The maximum absolute atomic E-state index is 12.1. The number of nitrogens with zero attached hydrogens (tertiary/aromatic N) is 4. The van der Waals surface area contributed by atoms with Crippen molar-refractivity contribution in [2.24, 2.45) is 0 Å². The molecule has 0 saturated carbocycles. The van der Waals surface area contributed by atoms with Gasteiger partial charge in [-0.2, -0.15) is 4.31 Å². The number of phosphoric acid groups is 2. The average Bonchev–Trinajstić information content (AvgIpc) is 3.31. The van der Waals surface area contributed by atoms with Crippen LogP contribution < -0.4 is 5.73 Å². The van der Waals surface area contributed by atoms with Crippen molar-refractivity contribution >= 4 is 38.6 Å². The normalized spacial score (nSPS) is 25.6. The molecule has 1 aliphatic rings. The van der Waals surface area contributed by atoms with Gasteiger partial charge in [-0.05, 0) is 12.8 Å². The SMILES string of the molecule is C#CCCCCC(=O)OP(=O)(O)OP(=O)(O)OCC1OC(n2cnc3c(N)ncnc32)C(O)C1O. The standard InChI is InChI=1S/C17H23N5O11P2/c1-2-3-4-5-6-11(23)32-35(28,29)33-34(26,27)30-7-10-13(24)14(25)17(31-10)22-9-21-12-15(18)19-8-20-16(12)22/h1,8-10,13-14,17,24-25H,3-7H2,(H,26,27)(H,28,29)(H2,18,19,20). The number of imidazole rings is 1. The fraction of sp³-hybridized carbons (Fsp3) is 0.529. The molecular weight excluding hydrogens is 512 g/mol. The Hall–Kier alpha value is -2.44. The first-order valence-corrected chi connectivity index (χ1v) is 13.0. The Morgan fingerprint density at radius 1 is 1.20 bits per heavy atom. The molecule has 6 unspecified atom stereocenters. The number of ether oxygens (including phenoxy) is 1. The Labute approximate surface area is 198 Å². The summed E-state index contributed by atoms with van der Waals surface area (Å²) in [5, 5.41) is 20.7. The molecule has 0 aliphatic carbocycles. The number of rotatable bonds is 11. The highest BCUT2D eigenvalue weighted by Crippen LogP contribution is 2.60. The predicted molar refractivity (Wildman–Crippen MR) is 116 cm³/mol. The summed E-state index contributed by atoms with van der Waals surface area (Å²) in [6, 6.07) is 0. The lowest BCUT2D eigenvalue weighted by molar-refractivity contribution is -0.135. The second kappa shape index (κ2) is 11.1. The Balaban J connectivity index is 1.57. The van der Waals surface area contributed by atoms with Crippen LogP contribution in [0.3, 0.4) is 0 Å². The summed E-state index contributed by atoms with van der Waals surface area (Å²) in [5.41, 5.74) is 6.12. The summed E-state index contributed by atoms with van der Waals surface area (Å²) in [5.74, 6) is 1.28. The molecule has 6 atom stereocenters. The van der Waals surface area contributed by atoms with E-state index in [2.05, 4.69) is 34.2 Å². The number of hydrogen-bond donors (Lipinski definition) is 5. The first kappa shape index (κ1) is 27.2. The molecule has 2 aromatic rings. The number of hydrogen-bond acceptors (Lipinski definition) is 13. The molecule has 3 heterocycles. The van der Waals surface area contributed by atoms with Gasteiger partial charge >= 0.3 is 21.6 Å². The lowest BCUT2D eigenvalue weighted by Gasteiger charge is -2.19. The summed E-state index contributed by atoms with van der Waals surface area (Å²) in [6.07, 6.45) is 2.54. The van der Waals surface area contributed by atoms with Crippen molar-refractivity contribution in [2.45, 2.75) is 50.2 Å². The van der Waals surface area contributed by atoms with Crippen molar-refractivity contribution in [3.63, 3.8) is 0 Å². The van der Waals surface area contributed by atoms with Crippen molar-refractivity contribution in [3.8, 4) is 12.3 Å². The van der Waals surface area contributed by atoms with Gasteiger partial charge in [0.1, 0.15) is 30.2 Å². The van der Waals surface area contributed by atoms with Crippen molar-refractivity contribution < 1.29 is 52.0 Å².